The smallest absolute Gasteiger partial charge is 0.303 e. The summed E-state index contributed by atoms with van der Waals surface area (Å²) in [5.41, 5.74) is 0.868. The van der Waals surface area contributed by atoms with Crippen LogP contribution in [0.2, 0.25) is 0 Å². The zero-order valence-electron chi connectivity index (χ0n) is 9.36. The molecule has 0 aliphatic carbocycles. The molecule has 17 heavy (non-hydrogen) atoms. The molecule has 0 saturated carbocycles. The number of hydrogen-bond acceptors (Lipinski definition) is 3. The lowest BCUT2D eigenvalue weighted by Gasteiger charge is -2.03. The minimum Gasteiger partial charge on any atom is -0.505 e. The molecule has 94 valence electrons. The molecule has 0 bridgehead atoms. The summed E-state index contributed by atoms with van der Waals surface area (Å²) in [6.45, 7) is 0. The van der Waals surface area contributed by atoms with E-state index in [4.69, 9.17) is 10.2 Å². The largest absolute Gasteiger partial charge is 0.505 e. The van der Waals surface area contributed by atoms with Gasteiger partial charge in [0.15, 0.2) is 11.6 Å². The molecule has 1 aromatic rings. The Morgan fingerprint density at radius 3 is 2.76 bits per heavy atom. The second-order valence-corrected chi connectivity index (χ2v) is 4.79. The Labute approximate surface area is 104 Å². The van der Waals surface area contributed by atoms with Crippen molar-refractivity contribution in [2.75, 3.05) is 5.75 Å². The van der Waals surface area contributed by atoms with Crippen molar-refractivity contribution in [2.24, 2.45) is 0 Å². The summed E-state index contributed by atoms with van der Waals surface area (Å²) in [7, 11) is 0. The molecule has 0 aliphatic rings. The molecule has 1 aromatic carbocycles. The van der Waals surface area contributed by atoms with Gasteiger partial charge in [-0.2, -0.15) is 11.8 Å². The summed E-state index contributed by atoms with van der Waals surface area (Å²) < 4.78 is 12.8. The highest BCUT2D eigenvalue weighted by Gasteiger charge is 2.02. The van der Waals surface area contributed by atoms with E-state index in [1.54, 1.807) is 17.8 Å². The number of hydrogen-bond donors (Lipinski definition) is 2. The first-order chi connectivity index (χ1) is 8.09. The van der Waals surface area contributed by atoms with Crippen LogP contribution in [0.3, 0.4) is 0 Å². The van der Waals surface area contributed by atoms with Gasteiger partial charge in [0, 0.05) is 12.2 Å². The van der Waals surface area contributed by atoms with Crippen LogP contribution in [0.5, 0.6) is 5.75 Å². The van der Waals surface area contributed by atoms with Crippen LogP contribution in [0.1, 0.15) is 24.8 Å². The number of carbonyl (C=O) groups is 1. The van der Waals surface area contributed by atoms with Gasteiger partial charge < -0.3 is 10.2 Å². The maximum atomic E-state index is 12.8. The first-order valence-electron chi connectivity index (χ1n) is 5.36. The van der Waals surface area contributed by atoms with Crippen LogP contribution in [0.4, 0.5) is 4.39 Å². The number of phenolic OH excluding ortho intramolecular Hbond substituents is 1. The number of carboxylic acids is 1. The van der Waals surface area contributed by atoms with E-state index in [1.807, 2.05) is 0 Å². The zero-order chi connectivity index (χ0) is 12.7. The maximum absolute atomic E-state index is 12.8. The van der Waals surface area contributed by atoms with Gasteiger partial charge in [0.25, 0.3) is 0 Å². The quantitative estimate of drug-likeness (QED) is 0.738. The minimum atomic E-state index is -0.765. The Hall–Kier alpha value is -1.23. The SMILES string of the molecule is O=C(O)CCCCSCc1ccc(F)c(O)c1. The number of aliphatic carboxylic acids is 1. The zero-order valence-corrected chi connectivity index (χ0v) is 10.2. The average molecular weight is 258 g/mol. The lowest BCUT2D eigenvalue weighted by atomic mass is 10.2. The van der Waals surface area contributed by atoms with Crippen molar-refractivity contribution in [2.45, 2.75) is 25.0 Å². The topological polar surface area (TPSA) is 57.5 Å². The highest BCUT2D eigenvalue weighted by atomic mass is 32.2. The van der Waals surface area contributed by atoms with E-state index in [0.717, 1.165) is 17.7 Å². The number of halogens is 1. The number of benzene rings is 1. The standard InChI is InChI=1S/C12H15FO3S/c13-10-5-4-9(7-11(10)14)8-17-6-2-1-3-12(15)16/h4-5,7,14H,1-3,6,8H2,(H,15,16). The lowest BCUT2D eigenvalue weighted by molar-refractivity contribution is -0.137. The summed E-state index contributed by atoms with van der Waals surface area (Å²) in [5, 5.41) is 17.6. The number of thioether (sulfide) groups is 1. The fraction of sp³-hybridized carbons (Fsp3) is 0.417. The van der Waals surface area contributed by atoms with Gasteiger partial charge >= 0.3 is 5.97 Å². The van der Waals surface area contributed by atoms with Gasteiger partial charge in [-0.3, -0.25) is 4.79 Å². The fourth-order valence-corrected chi connectivity index (χ4v) is 2.29. The first-order valence-corrected chi connectivity index (χ1v) is 6.52. The van der Waals surface area contributed by atoms with Crippen molar-refractivity contribution in [3.8, 4) is 5.75 Å². The van der Waals surface area contributed by atoms with Crippen LogP contribution >= 0.6 is 11.8 Å². The Kier molecular flexibility index (Phi) is 5.83. The monoisotopic (exact) mass is 258 g/mol. The summed E-state index contributed by atoms with van der Waals surface area (Å²) in [4.78, 5) is 10.3. The normalized spacial score (nSPS) is 10.4. The van der Waals surface area contributed by atoms with Crippen molar-refractivity contribution >= 4 is 17.7 Å². The Morgan fingerprint density at radius 2 is 2.12 bits per heavy atom. The maximum Gasteiger partial charge on any atom is 0.303 e. The molecule has 0 unspecified atom stereocenters. The number of aromatic hydroxyl groups is 1. The molecular formula is C12H15FO3S. The van der Waals surface area contributed by atoms with Crippen molar-refractivity contribution in [1.82, 2.24) is 0 Å². The van der Waals surface area contributed by atoms with Gasteiger partial charge in [-0.05, 0) is 36.3 Å². The molecule has 0 saturated heterocycles. The molecular weight excluding hydrogens is 243 g/mol. The second kappa shape index (κ2) is 7.17. The molecule has 5 heteroatoms. The molecule has 3 nitrogen and oxygen atoms in total. The van der Waals surface area contributed by atoms with E-state index in [0.29, 0.717) is 12.2 Å². The number of phenols is 1. The number of unbranched alkanes of at least 4 members (excludes halogenated alkanes) is 1. The predicted molar refractivity (Wildman–Crippen MR) is 65.7 cm³/mol. The molecule has 0 spiro atoms. The Bertz CT molecular complexity index is 382. The Balaban J connectivity index is 2.18. The van der Waals surface area contributed by atoms with E-state index in [1.165, 1.54) is 12.1 Å². The molecule has 0 aromatic heterocycles. The van der Waals surface area contributed by atoms with Gasteiger partial charge in [-0.25, -0.2) is 4.39 Å². The third-order valence-corrected chi connectivity index (χ3v) is 3.32. The van der Waals surface area contributed by atoms with Crippen LogP contribution in [-0.2, 0) is 10.5 Å². The van der Waals surface area contributed by atoms with Gasteiger partial charge in [0.2, 0.25) is 0 Å². The van der Waals surface area contributed by atoms with Crippen LogP contribution < -0.4 is 0 Å². The third-order valence-electron chi connectivity index (χ3n) is 2.21. The summed E-state index contributed by atoms with van der Waals surface area (Å²) in [5.74, 6) is -0.139. The van der Waals surface area contributed by atoms with Crippen molar-refractivity contribution < 1.29 is 19.4 Å². The third kappa shape index (κ3) is 5.58. The molecule has 2 N–H and O–H groups in total. The molecule has 1 rings (SSSR count). The van der Waals surface area contributed by atoms with E-state index >= 15 is 0 Å². The summed E-state index contributed by atoms with van der Waals surface area (Å²) >= 11 is 1.65. The van der Waals surface area contributed by atoms with E-state index in [9.17, 15) is 9.18 Å². The van der Waals surface area contributed by atoms with Gasteiger partial charge in [-0.15, -0.1) is 0 Å². The van der Waals surface area contributed by atoms with Crippen molar-refractivity contribution in [3.05, 3.63) is 29.6 Å². The van der Waals surface area contributed by atoms with Gasteiger partial charge in [-0.1, -0.05) is 6.07 Å². The highest BCUT2D eigenvalue weighted by molar-refractivity contribution is 7.98. The van der Waals surface area contributed by atoms with Crippen LogP contribution in [0.15, 0.2) is 18.2 Å². The lowest BCUT2D eigenvalue weighted by Crippen LogP contribution is -1.94. The highest BCUT2D eigenvalue weighted by Crippen LogP contribution is 2.21. The molecule has 0 heterocycles. The van der Waals surface area contributed by atoms with Crippen LogP contribution in [0, 0.1) is 5.82 Å². The predicted octanol–water partition coefficient (Wildman–Crippen LogP) is 3.02. The van der Waals surface area contributed by atoms with E-state index in [2.05, 4.69) is 0 Å². The van der Waals surface area contributed by atoms with Crippen molar-refractivity contribution in [1.29, 1.82) is 0 Å². The average Bonchev–Trinajstić information content (AvgIpc) is 2.27. The molecule has 0 aliphatic heterocycles. The fourth-order valence-electron chi connectivity index (χ4n) is 1.32. The van der Waals surface area contributed by atoms with Crippen LogP contribution in [-0.4, -0.2) is 21.9 Å². The molecule has 0 amide bonds. The van der Waals surface area contributed by atoms with E-state index in [-0.39, 0.29) is 12.2 Å². The van der Waals surface area contributed by atoms with Gasteiger partial charge in [0.05, 0.1) is 0 Å². The summed E-state index contributed by atoms with van der Waals surface area (Å²) in [6, 6.07) is 4.30. The number of rotatable bonds is 7. The Morgan fingerprint density at radius 1 is 1.35 bits per heavy atom. The first kappa shape index (κ1) is 13.8. The van der Waals surface area contributed by atoms with Gasteiger partial charge in [0.1, 0.15) is 0 Å². The number of carboxylic acid groups (broad SMARTS) is 1. The minimum absolute atomic E-state index is 0.206. The van der Waals surface area contributed by atoms with Crippen molar-refractivity contribution in [3.63, 3.8) is 0 Å². The van der Waals surface area contributed by atoms with Crippen LogP contribution in [0.25, 0.3) is 0 Å². The van der Waals surface area contributed by atoms with E-state index < -0.39 is 11.8 Å². The summed E-state index contributed by atoms with van der Waals surface area (Å²) in [6.07, 6.45) is 1.74. The second-order valence-electron chi connectivity index (χ2n) is 3.69. The molecule has 0 atom stereocenters. The molecule has 0 radical (unpaired) electrons. The molecule has 0 fully saturated rings.